The normalized spacial score (nSPS) is 12.1. The van der Waals surface area contributed by atoms with Crippen molar-refractivity contribution in [2.45, 2.75) is 43.5 Å². The minimum absolute atomic E-state index is 0.0826. The SMILES string of the molecule is CCCc1ccc(S(=O)(=O)N[C@@H](Cc2cccc(C(=N)N)c2)C(=O)NCCc2ccc(O)cc2)cc1. The van der Waals surface area contributed by atoms with Crippen LogP contribution in [0, 0.1) is 5.41 Å². The smallest absolute Gasteiger partial charge is 0.241 e. The molecule has 8 nitrogen and oxygen atoms in total. The second-order valence-electron chi connectivity index (χ2n) is 8.59. The number of amidine groups is 1. The maximum absolute atomic E-state index is 13.1. The van der Waals surface area contributed by atoms with Crippen LogP contribution >= 0.6 is 0 Å². The summed E-state index contributed by atoms with van der Waals surface area (Å²) >= 11 is 0. The first-order valence-corrected chi connectivity index (χ1v) is 13.3. The fourth-order valence-electron chi connectivity index (χ4n) is 3.78. The summed E-state index contributed by atoms with van der Waals surface area (Å²) in [6.07, 6.45) is 2.41. The van der Waals surface area contributed by atoms with Gasteiger partial charge in [-0.1, -0.05) is 55.8 Å². The third-order valence-corrected chi connectivity index (χ3v) is 7.20. The number of nitrogens with two attached hydrogens (primary N) is 1. The zero-order valence-electron chi connectivity index (χ0n) is 20.2. The maximum Gasteiger partial charge on any atom is 0.241 e. The molecular formula is C27H32N4O4S. The van der Waals surface area contributed by atoms with Crippen LogP contribution in [-0.2, 0) is 34.1 Å². The average Bonchev–Trinajstić information content (AvgIpc) is 2.85. The fourth-order valence-corrected chi connectivity index (χ4v) is 4.98. The number of phenols is 1. The molecule has 0 spiro atoms. The van der Waals surface area contributed by atoms with Crippen molar-refractivity contribution in [3.63, 3.8) is 0 Å². The topological polar surface area (TPSA) is 145 Å². The van der Waals surface area contributed by atoms with Gasteiger partial charge in [-0.15, -0.1) is 0 Å². The highest BCUT2D eigenvalue weighted by molar-refractivity contribution is 7.89. The van der Waals surface area contributed by atoms with Gasteiger partial charge in [-0.2, -0.15) is 4.72 Å². The van der Waals surface area contributed by atoms with Crippen LogP contribution in [0.1, 0.15) is 35.6 Å². The molecule has 0 aromatic heterocycles. The van der Waals surface area contributed by atoms with Gasteiger partial charge >= 0.3 is 0 Å². The third-order valence-electron chi connectivity index (χ3n) is 5.71. The molecule has 0 unspecified atom stereocenters. The Morgan fingerprint density at radius 1 is 0.972 bits per heavy atom. The second kappa shape index (κ2) is 12.3. The molecule has 36 heavy (non-hydrogen) atoms. The first-order valence-electron chi connectivity index (χ1n) is 11.8. The Balaban J connectivity index is 1.77. The van der Waals surface area contributed by atoms with Gasteiger partial charge in [0.05, 0.1) is 4.90 Å². The molecule has 0 bridgehead atoms. The van der Waals surface area contributed by atoms with E-state index in [1.807, 2.05) is 0 Å². The molecule has 3 rings (SSSR count). The Labute approximate surface area is 212 Å². The van der Waals surface area contributed by atoms with E-state index in [4.69, 9.17) is 11.1 Å². The summed E-state index contributed by atoms with van der Waals surface area (Å²) in [6, 6.07) is 19.1. The first-order chi connectivity index (χ1) is 17.2. The van der Waals surface area contributed by atoms with Crippen molar-refractivity contribution in [3.8, 4) is 5.75 Å². The Kier molecular flexibility index (Phi) is 9.21. The molecule has 0 radical (unpaired) electrons. The van der Waals surface area contributed by atoms with Crippen molar-refractivity contribution < 1.29 is 18.3 Å². The van der Waals surface area contributed by atoms with E-state index in [0.717, 1.165) is 24.0 Å². The minimum atomic E-state index is -3.97. The fraction of sp³-hybridized carbons (Fsp3) is 0.259. The van der Waals surface area contributed by atoms with Gasteiger partial charge in [0.1, 0.15) is 17.6 Å². The van der Waals surface area contributed by atoms with Gasteiger partial charge in [0, 0.05) is 12.1 Å². The predicted molar refractivity (Wildman–Crippen MR) is 141 cm³/mol. The summed E-state index contributed by atoms with van der Waals surface area (Å²) in [5, 5.41) is 19.9. The van der Waals surface area contributed by atoms with E-state index in [1.54, 1.807) is 72.8 Å². The van der Waals surface area contributed by atoms with E-state index >= 15 is 0 Å². The van der Waals surface area contributed by atoms with Crippen LogP contribution in [-0.4, -0.2) is 37.9 Å². The molecule has 1 atom stereocenters. The number of sulfonamides is 1. The van der Waals surface area contributed by atoms with Gasteiger partial charge in [-0.25, -0.2) is 8.42 Å². The monoisotopic (exact) mass is 508 g/mol. The number of aryl methyl sites for hydroxylation is 1. The summed E-state index contributed by atoms with van der Waals surface area (Å²) in [6.45, 7) is 2.35. The molecule has 0 heterocycles. The second-order valence-corrected chi connectivity index (χ2v) is 10.3. The maximum atomic E-state index is 13.1. The van der Waals surface area contributed by atoms with Gasteiger partial charge in [-0.05, 0) is 66.3 Å². The molecule has 0 aliphatic carbocycles. The van der Waals surface area contributed by atoms with E-state index in [1.165, 1.54) is 0 Å². The number of carbonyl (C=O) groups is 1. The Morgan fingerprint density at radius 2 is 1.61 bits per heavy atom. The van der Waals surface area contributed by atoms with E-state index in [2.05, 4.69) is 17.0 Å². The lowest BCUT2D eigenvalue weighted by Gasteiger charge is -2.19. The van der Waals surface area contributed by atoms with Crippen molar-refractivity contribution in [2.75, 3.05) is 6.54 Å². The summed E-state index contributed by atoms with van der Waals surface area (Å²) in [4.78, 5) is 13.2. The van der Waals surface area contributed by atoms with Crippen molar-refractivity contribution in [2.24, 2.45) is 5.73 Å². The standard InChI is InChI=1S/C27H32N4O4S/c1-2-4-19-9-13-24(14-10-19)36(34,35)31-25(18-21-5-3-6-22(17-21)26(28)29)27(33)30-16-15-20-7-11-23(32)12-8-20/h3,5-14,17,25,31-32H,2,4,15-16,18H2,1H3,(H3,28,29)(H,30,33)/t25-/m0/s1. The number of nitrogens with one attached hydrogen (secondary N) is 3. The van der Waals surface area contributed by atoms with Crippen molar-refractivity contribution in [1.29, 1.82) is 5.41 Å². The molecule has 6 N–H and O–H groups in total. The van der Waals surface area contributed by atoms with Crippen LogP contribution in [0.15, 0.2) is 77.7 Å². The summed E-state index contributed by atoms with van der Waals surface area (Å²) in [7, 11) is -3.97. The number of hydrogen-bond donors (Lipinski definition) is 5. The van der Waals surface area contributed by atoms with Crippen molar-refractivity contribution >= 4 is 21.8 Å². The van der Waals surface area contributed by atoms with Crippen LogP contribution in [0.25, 0.3) is 0 Å². The van der Waals surface area contributed by atoms with Gasteiger partial charge in [-0.3, -0.25) is 10.2 Å². The van der Waals surface area contributed by atoms with Gasteiger partial charge in [0.25, 0.3) is 0 Å². The Hall–Kier alpha value is -3.69. The summed E-state index contributed by atoms with van der Waals surface area (Å²) in [5.74, 6) is -0.416. The molecule has 0 aliphatic heterocycles. The summed E-state index contributed by atoms with van der Waals surface area (Å²) in [5.41, 5.74) is 8.72. The number of aromatic hydroxyl groups is 1. The molecular weight excluding hydrogens is 476 g/mol. The molecule has 9 heteroatoms. The Bertz CT molecular complexity index is 1290. The van der Waals surface area contributed by atoms with Gasteiger partial charge in [0.15, 0.2) is 0 Å². The lowest BCUT2D eigenvalue weighted by Crippen LogP contribution is -2.48. The van der Waals surface area contributed by atoms with Crippen molar-refractivity contribution in [3.05, 3.63) is 95.1 Å². The third kappa shape index (κ3) is 7.66. The largest absolute Gasteiger partial charge is 0.508 e. The highest BCUT2D eigenvalue weighted by atomic mass is 32.2. The predicted octanol–water partition coefficient (Wildman–Crippen LogP) is 2.88. The minimum Gasteiger partial charge on any atom is -0.508 e. The van der Waals surface area contributed by atoms with Crippen LogP contribution in [0.3, 0.4) is 0 Å². The highest BCUT2D eigenvalue weighted by Crippen LogP contribution is 2.15. The molecule has 190 valence electrons. The molecule has 3 aromatic rings. The molecule has 3 aromatic carbocycles. The molecule has 1 amide bonds. The molecule has 0 aliphatic rings. The lowest BCUT2D eigenvalue weighted by molar-refractivity contribution is -0.122. The van der Waals surface area contributed by atoms with Crippen molar-refractivity contribution in [1.82, 2.24) is 10.0 Å². The van der Waals surface area contributed by atoms with Gasteiger partial charge in [0.2, 0.25) is 15.9 Å². The number of phenolic OH excluding ortho intramolecular Hbond substituents is 1. The summed E-state index contributed by atoms with van der Waals surface area (Å²) < 4.78 is 28.8. The van der Waals surface area contributed by atoms with Crippen LogP contribution < -0.4 is 15.8 Å². The first kappa shape index (κ1) is 26.9. The highest BCUT2D eigenvalue weighted by Gasteiger charge is 2.26. The van der Waals surface area contributed by atoms with E-state index < -0.39 is 22.0 Å². The van der Waals surface area contributed by atoms with Gasteiger partial charge < -0.3 is 16.2 Å². The van der Waals surface area contributed by atoms with E-state index in [0.29, 0.717) is 24.1 Å². The number of rotatable bonds is 12. The van der Waals surface area contributed by atoms with E-state index in [9.17, 15) is 18.3 Å². The quantitative estimate of drug-likeness (QED) is 0.189. The number of nitrogen functional groups attached to an aromatic ring is 1. The number of amides is 1. The van der Waals surface area contributed by atoms with E-state index in [-0.39, 0.29) is 22.9 Å². The average molecular weight is 509 g/mol. The lowest BCUT2D eigenvalue weighted by atomic mass is 10.0. The number of carbonyl (C=O) groups excluding carboxylic acids is 1. The number of hydrogen-bond acceptors (Lipinski definition) is 5. The van der Waals surface area contributed by atoms with Crippen LogP contribution in [0.2, 0.25) is 0 Å². The number of benzene rings is 3. The molecule has 0 saturated heterocycles. The molecule has 0 saturated carbocycles. The van der Waals surface area contributed by atoms with Crippen LogP contribution in [0.4, 0.5) is 0 Å². The zero-order chi connectivity index (χ0) is 26.1. The zero-order valence-corrected chi connectivity index (χ0v) is 21.0. The molecule has 0 fully saturated rings. The Morgan fingerprint density at radius 3 is 2.25 bits per heavy atom. The van der Waals surface area contributed by atoms with Crippen LogP contribution in [0.5, 0.6) is 5.75 Å².